The van der Waals surface area contributed by atoms with E-state index < -0.39 is 65.4 Å². The monoisotopic (exact) mass is 642 g/mol. The molecular formula is C38H42O9. The molecule has 0 N–H and O–H groups in total. The van der Waals surface area contributed by atoms with E-state index in [1.807, 2.05) is 19.9 Å². The van der Waals surface area contributed by atoms with Crippen LogP contribution in [0.5, 0.6) is 0 Å². The predicted octanol–water partition coefficient (Wildman–Crippen LogP) is 6.07. The largest absolute Gasteiger partial charge is 0.458 e. The first kappa shape index (κ1) is 33.8. The number of esters is 4. The second-order valence-electron chi connectivity index (χ2n) is 13.7. The Morgan fingerprint density at radius 2 is 1.36 bits per heavy atom. The van der Waals surface area contributed by atoms with Gasteiger partial charge in [0.25, 0.3) is 0 Å². The van der Waals surface area contributed by atoms with Gasteiger partial charge in [0.2, 0.25) is 5.78 Å². The molecule has 0 unspecified atom stereocenters. The van der Waals surface area contributed by atoms with Crippen LogP contribution in [0.4, 0.5) is 0 Å². The van der Waals surface area contributed by atoms with Gasteiger partial charge in [0.1, 0.15) is 18.3 Å². The maximum Gasteiger partial charge on any atom is 0.338 e. The summed E-state index contributed by atoms with van der Waals surface area (Å²) in [5.74, 6) is -4.98. The van der Waals surface area contributed by atoms with Gasteiger partial charge in [-0.25, -0.2) is 9.59 Å². The standard InChI is InChI=1S/C38H42O9/c1-21-19-29(45-35(42)26-14-10-8-11-15-26)30-28(37(30,6)7)18-22(2)34(41)38(47-25(5)40)20-23(3)33(31(38)32(21)44-24(4)39)46-36(43)27-16-12-9-13-17-27/h8-18,23,28-33H,1,19-20H2,2-7H3/b22-18+/t23-,28+,29-,30+,31-,32-,33-,38+/m0/s1. The molecule has 3 aliphatic rings. The molecular weight excluding hydrogens is 600 g/mol. The fraction of sp³-hybridized carbons (Fsp3) is 0.447. The summed E-state index contributed by atoms with van der Waals surface area (Å²) in [6, 6.07) is 17.0. The number of Topliss-reactive ketones (excluding diaryl/α,β-unsaturated/α-hetero) is 1. The third kappa shape index (κ3) is 6.53. The lowest BCUT2D eigenvalue weighted by Crippen LogP contribution is -2.55. The Labute approximate surface area is 275 Å². The molecule has 0 saturated heterocycles. The number of allylic oxidation sites excluding steroid dienone is 1. The Kier molecular flexibility index (Phi) is 9.31. The highest BCUT2D eigenvalue weighted by molar-refractivity contribution is 6.03. The maximum absolute atomic E-state index is 14.7. The first-order valence-electron chi connectivity index (χ1n) is 16.0. The van der Waals surface area contributed by atoms with E-state index in [9.17, 15) is 24.0 Å². The van der Waals surface area contributed by atoms with Crippen molar-refractivity contribution in [3.05, 3.63) is 95.6 Å². The summed E-state index contributed by atoms with van der Waals surface area (Å²) in [4.78, 5) is 67.0. The lowest BCUT2D eigenvalue weighted by Gasteiger charge is -2.40. The van der Waals surface area contributed by atoms with Gasteiger partial charge >= 0.3 is 23.9 Å². The number of hydrogen-bond acceptors (Lipinski definition) is 9. The zero-order valence-corrected chi connectivity index (χ0v) is 27.7. The van der Waals surface area contributed by atoms with Crippen molar-refractivity contribution in [2.75, 3.05) is 0 Å². The Hall–Kier alpha value is -4.53. The lowest BCUT2D eigenvalue weighted by molar-refractivity contribution is -0.179. The quantitative estimate of drug-likeness (QED) is 0.210. The van der Waals surface area contributed by atoms with Gasteiger partial charge in [0, 0.05) is 32.6 Å². The molecule has 5 rings (SSSR count). The molecule has 9 heteroatoms. The van der Waals surface area contributed by atoms with Crippen LogP contribution < -0.4 is 0 Å². The van der Waals surface area contributed by atoms with Gasteiger partial charge in [-0.2, -0.15) is 0 Å². The van der Waals surface area contributed by atoms with Crippen LogP contribution in [0, 0.1) is 29.1 Å². The molecule has 9 nitrogen and oxygen atoms in total. The van der Waals surface area contributed by atoms with Crippen LogP contribution in [-0.4, -0.2) is 53.6 Å². The van der Waals surface area contributed by atoms with E-state index in [2.05, 4.69) is 6.58 Å². The summed E-state index contributed by atoms with van der Waals surface area (Å²) >= 11 is 0. The summed E-state index contributed by atoms with van der Waals surface area (Å²) in [5.41, 5.74) is -0.831. The first-order chi connectivity index (χ1) is 22.2. The Balaban J connectivity index is 1.64. The minimum atomic E-state index is -1.84. The third-order valence-corrected chi connectivity index (χ3v) is 9.98. The summed E-state index contributed by atoms with van der Waals surface area (Å²) < 4.78 is 24.3. The molecule has 0 heterocycles. The van der Waals surface area contributed by atoms with Crippen molar-refractivity contribution in [3.63, 3.8) is 0 Å². The highest BCUT2D eigenvalue weighted by Crippen LogP contribution is 2.63. The van der Waals surface area contributed by atoms with Crippen LogP contribution in [0.25, 0.3) is 0 Å². The Bertz CT molecular complexity index is 1610. The number of ether oxygens (including phenoxy) is 4. The van der Waals surface area contributed by atoms with Crippen molar-refractivity contribution in [1.29, 1.82) is 0 Å². The maximum atomic E-state index is 14.7. The number of benzene rings is 2. The molecule has 0 aliphatic heterocycles. The summed E-state index contributed by atoms with van der Waals surface area (Å²) in [5, 5.41) is 0. The Morgan fingerprint density at radius 1 is 0.809 bits per heavy atom. The van der Waals surface area contributed by atoms with Crippen LogP contribution in [0.1, 0.15) is 75.1 Å². The molecule has 0 amide bonds. The van der Waals surface area contributed by atoms with E-state index in [-0.39, 0.29) is 30.1 Å². The van der Waals surface area contributed by atoms with E-state index in [4.69, 9.17) is 18.9 Å². The molecule has 3 aliphatic carbocycles. The van der Waals surface area contributed by atoms with E-state index in [0.29, 0.717) is 22.3 Å². The van der Waals surface area contributed by atoms with Gasteiger partial charge in [-0.15, -0.1) is 0 Å². The van der Waals surface area contributed by atoms with Gasteiger partial charge in [-0.05, 0) is 59.6 Å². The Morgan fingerprint density at radius 3 is 1.89 bits per heavy atom. The summed E-state index contributed by atoms with van der Waals surface area (Å²) in [6.07, 6.45) is -0.985. The smallest absolute Gasteiger partial charge is 0.338 e. The molecule has 2 aromatic carbocycles. The molecule has 2 aromatic rings. The van der Waals surface area contributed by atoms with Crippen LogP contribution in [-0.2, 0) is 33.3 Å². The van der Waals surface area contributed by atoms with Crippen LogP contribution in [0.15, 0.2) is 84.5 Å². The molecule has 248 valence electrons. The van der Waals surface area contributed by atoms with E-state index in [1.54, 1.807) is 74.5 Å². The average molecular weight is 643 g/mol. The summed E-state index contributed by atoms with van der Waals surface area (Å²) in [7, 11) is 0. The molecule has 2 fully saturated rings. The van der Waals surface area contributed by atoms with E-state index >= 15 is 0 Å². The van der Waals surface area contributed by atoms with Gasteiger partial charge in [0.05, 0.1) is 17.0 Å². The first-order valence-corrected chi connectivity index (χ1v) is 16.0. The van der Waals surface area contributed by atoms with Crippen molar-refractivity contribution < 1.29 is 42.9 Å². The minimum Gasteiger partial charge on any atom is -0.458 e. The number of rotatable bonds is 6. The van der Waals surface area contributed by atoms with Gasteiger partial charge in [-0.3, -0.25) is 14.4 Å². The second-order valence-corrected chi connectivity index (χ2v) is 13.7. The number of carbonyl (C=O) groups excluding carboxylic acids is 5. The normalized spacial score (nSPS) is 32.3. The molecule has 8 atom stereocenters. The van der Waals surface area contributed by atoms with Crippen LogP contribution in [0.2, 0.25) is 0 Å². The fourth-order valence-electron chi connectivity index (χ4n) is 7.79. The zero-order chi connectivity index (χ0) is 34.3. The number of carbonyl (C=O) groups is 5. The topological polar surface area (TPSA) is 122 Å². The molecule has 0 spiro atoms. The van der Waals surface area contributed by atoms with Crippen molar-refractivity contribution in [1.82, 2.24) is 0 Å². The molecule has 0 aromatic heterocycles. The molecule has 0 radical (unpaired) electrons. The summed E-state index contributed by atoms with van der Waals surface area (Å²) in [6.45, 7) is 14.3. The SMILES string of the molecule is C=C1C[C@H](OC(=O)c2ccccc2)[C@H]2[C@@H](/C=C(\C)C(=O)[C@@]3(OC(C)=O)C[C@H](C)[C@H](OC(=O)c4ccccc4)[C@@H]3[C@H]1OC(C)=O)C2(C)C. The van der Waals surface area contributed by atoms with Gasteiger partial charge in [-0.1, -0.05) is 69.8 Å². The predicted molar refractivity (Wildman–Crippen MR) is 172 cm³/mol. The zero-order valence-electron chi connectivity index (χ0n) is 27.7. The van der Waals surface area contributed by atoms with Crippen molar-refractivity contribution in [2.24, 2.45) is 29.1 Å². The molecule has 2 saturated carbocycles. The highest BCUT2D eigenvalue weighted by atomic mass is 16.6. The van der Waals surface area contributed by atoms with Crippen molar-refractivity contribution in [2.45, 2.75) is 78.3 Å². The number of hydrogen-bond donors (Lipinski definition) is 0. The van der Waals surface area contributed by atoms with Crippen LogP contribution in [0.3, 0.4) is 0 Å². The lowest BCUT2D eigenvalue weighted by atomic mass is 9.76. The van der Waals surface area contributed by atoms with E-state index in [1.165, 1.54) is 13.8 Å². The molecule has 0 bridgehead atoms. The van der Waals surface area contributed by atoms with Gasteiger partial charge in [0.15, 0.2) is 5.60 Å². The van der Waals surface area contributed by atoms with Crippen LogP contribution >= 0.6 is 0 Å². The second kappa shape index (κ2) is 12.9. The fourth-order valence-corrected chi connectivity index (χ4v) is 7.79. The van der Waals surface area contributed by atoms with Gasteiger partial charge < -0.3 is 18.9 Å². The van der Waals surface area contributed by atoms with Crippen molar-refractivity contribution in [3.8, 4) is 0 Å². The average Bonchev–Trinajstić information content (AvgIpc) is 3.45. The number of ketones is 1. The van der Waals surface area contributed by atoms with Crippen molar-refractivity contribution >= 4 is 29.7 Å². The third-order valence-electron chi connectivity index (χ3n) is 9.98. The van der Waals surface area contributed by atoms with E-state index in [0.717, 1.165) is 0 Å². The molecule has 47 heavy (non-hydrogen) atoms. The minimum absolute atomic E-state index is 0.0168. The highest BCUT2D eigenvalue weighted by Gasteiger charge is 2.67. The number of fused-ring (bicyclic) bond motifs is 2.